The minimum absolute atomic E-state index is 0.0468. The number of anilines is 1. The maximum atomic E-state index is 11.3. The molecule has 0 saturated carbocycles. The van der Waals surface area contributed by atoms with E-state index in [0.29, 0.717) is 17.2 Å². The summed E-state index contributed by atoms with van der Waals surface area (Å²) >= 11 is 0. The Balaban J connectivity index is 1.79. The van der Waals surface area contributed by atoms with Crippen LogP contribution in [0.15, 0.2) is 42.5 Å². The van der Waals surface area contributed by atoms with E-state index in [2.05, 4.69) is 5.32 Å². The molecule has 0 aliphatic carbocycles. The molecule has 1 aliphatic rings. The molecule has 116 valence electrons. The van der Waals surface area contributed by atoms with E-state index in [1.807, 2.05) is 42.5 Å². The van der Waals surface area contributed by atoms with Crippen molar-refractivity contribution in [2.45, 2.75) is 6.92 Å². The van der Waals surface area contributed by atoms with Gasteiger partial charge in [0.05, 0.1) is 5.69 Å². The molecular weight excluding hydrogens is 294 g/mol. The van der Waals surface area contributed by atoms with Crippen LogP contribution < -0.4 is 14.8 Å². The van der Waals surface area contributed by atoms with Crippen LogP contribution in [-0.2, 0) is 9.59 Å². The summed E-state index contributed by atoms with van der Waals surface area (Å²) in [6, 6.07) is 12.8. The van der Waals surface area contributed by atoms with Crippen LogP contribution in [0.1, 0.15) is 18.1 Å². The van der Waals surface area contributed by atoms with E-state index in [1.165, 1.54) is 6.92 Å². The van der Waals surface area contributed by atoms with Crippen LogP contribution in [0.2, 0.25) is 0 Å². The molecule has 5 heteroatoms. The number of hydrogen-bond donors (Lipinski definition) is 1. The Bertz CT molecular complexity index is 795. The van der Waals surface area contributed by atoms with Crippen molar-refractivity contribution in [3.05, 3.63) is 53.6 Å². The molecule has 1 N–H and O–H groups in total. The average Bonchev–Trinajstić information content (AvgIpc) is 2.52. The first kappa shape index (κ1) is 14.8. The number of fused-ring (bicyclic) bond motifs is 1. The lowest BCUT2D eigenvalue weighted by molar-refractivity contribution is -0.131. The van der Waals surface area contributed by atoms with Gasteiger partial charge in [-0.05, 0) is 35.4 Å². The standard InChI is InChI=1S/C18H15NO4/c1-12(20)23-15-4-2-3-13(9-15)5-6-14-7-8-17-16(10-14)19-18(21)11-22-17/h2-10H,11H2,1H3,(H,19,21)/b6-5+. The number of rotatable bonds is 3. The molecule has 23 heavy (non-hydrogen) atoms. The molecule has 0 spiro atoms. The normalized spacial score (nSPS) is 13.2. The maximum absolute atomic E-state index is 11.3. The average molecular weight is 309 g/mol. The lowest BCUT2D eigenvalue weighted by Crippen LogP contribution is -2.25. The summed E-state index contributed by atoms with van der Waals surface area (Å²) in [7, 11) is 0. The summed E-state index contributed by atoms with van der Waals surface area (Å²) in [6.45, 7) is 1.41. The third-order valence-electron chi connectivity index (χ3n) is 3.22. The van der Waals surface area contributed by atoms with Crippen molar-refractivity contribution in [3.8, 4) is 11.5 Å². The third-order valence-corrected chi connectivity index (χ3v) is 3.22. The van der Waals surface area contributed by atoms with Gasteiger partial charge < -0.3 is 14.8 Å². The zero-order valence-electron chi connectivity index (χ0n) is 12.5. The number of ether oxygens (including phenoxy) is 2. The number of carbonyl (C=O) groups is 2. The van der Waals surface area contributed by atoms with Gasteiger partial charge in [0, 0.05) is 6.92 Å². The lowest BCUT2D eigenvalue weighted by Gasteiger charge is -2.17. The van der Waals surface area contributed by atoms with Crippen LogP contribution in [0.4, 0.5) is 5.69 Å². The SMILES string of the molecule is CC(=O)Oc1cccc(/C=C/c2ccc3c(c2)NC(=O)CO3)c1. The summed E-state index contributed by atoms with van der Waals surface area (Å²) in [5.41, 5.74) is 2.49. The van der Waals surface area contributed by atoms with Crippen molar-refractivity contribution in [1.82, 2.24) is 0 Å². The first-order valence-corrected chi connectivity index (χ1v) is 7.13. The highest BCUT2D eigenvalue weighted by Gasteiger charge is 2.15. The number of benzene rings is 2. The van der Waals surface area contributed by atoms with E-state index >= 15 is 0 Å². The number of amides is 1. The first-order chi connectivity index (χ1) is 11.1. The highest BCUT2D eigenvalue weighted by atomic mass is 16.5. The molecular formula is C18H15NO4. The van der Waals surface area contributed by atoms with Crippen molar-refractivity contribution in [3.63, 3.8) is 0 Å². The summed E-state index contributed by atoms with van der Waals surface area (Å²) < 4.78 is 10.4. The Morgan fingerprint density at radius 3 is 2.74 bits per heavy atom. The van der Waals surface area contributed by atoms with Gasteiger partial charge in [-0.25, -0.2) is 0 Å². The smallest absolute Gasteiger partial charge is 0.308 e. The predicted octanol–water partition coefficient (Wildman–Crippen LogP) is 3.11. The van der Waals surface area contributed by atoms with E-state index in [0.717, 1.165) is 11.1 Å². The molecule has 0 aromatic heterocycles. The highest BCUT2D eigenvalue weighted by Crippen LogP contribution is 2.29. The molecule has 1 heterocycles. The van der Waals surface area contributed by atoms with Crippen molar-refractivity contribution in [2.75, 3.05) is 11.9 Å². The van der Waals surface area contributed by atoms with E-state index in [1.54, 1.807) is 12.1 Å². The van der Waals surface area contributed by atoms with Crippen LogP contribution in [-0.4, -0.2) is 18.5 Å². The predicted molar refractivity (Wildman–Crippen MR) is 87.2 cm³/mol. The molecule has 5 nitrogen and oxygen atoms in total. The second kappa shape index (κ2) is 6.36. The van der Waals surface area contributed by atoms with Crippen molar-refractivity contribution in [1.29, 1.82) is 0 Å². The molecule has 0 radical (unpaired) electrons. The van der Waals surface area contributed by atoms with Crippen molar-refractivity contribution in [2.24, 2.45) is 0 Å². The van der Waals surface area contributed by atoms with Gasteiger partial charge in [-0.1, -0.05) is 30.4 Å². The summed E-state index contributed by atoms with van der Waals surface area (Å²) in [5.74, 6) is 0.661. The Labute approximate surface area is 133 Å². The molecule has 0 bridgehead atoms. The van der Waals surface area contributed by atoms with Gasteiger partial charge in [0.2, 0.25) is 0 Å². The minimum atomic E-state index is -0.350. The maximum Gasteiger partial charge on any atom is 0.308 e. The van der Waals surface area contributed by atoms with E-state index < -0.39 is 0 Å². The van der Waals surface area contributed by atoms with Gasteiger partial charge >= 0.3 is 5.97 Å². The Morgan fingerprint density at radius 2 is 1.96 bits per heavy atom. The number of carbonyl (C=O) groups excluding carboxylic acids is 2. The Morgan fingerprint density at radius 1 is 1.17 bits per heavy atom. The lowest BCUT2D eigenvalue weighted by atomic mass is 10.1. The zero-order valence-corrected chi connectivity index (χ0v) is 12.5. The molecule has 0 atom stereocenters. The Hall–Kier alpha value is -3.08. The van der Waals surface area contributed by atoms with Gasteiger partial charge in [-0.15, -0.1) is 0 Å². The Kier molecular flexibility index (Phi) is 4.10. The van der Waals surface area contributed by atoms with E-state index in [4.69, 9.17) is 9.47 Å². The van der Waals surface area contributed by atoms with Crippen molar-refractivity contribution >= 4 is 29.7 Å². The van der Waals surface area contributed by atoms with Crippen molar-refractivity contribution < 1.29 is 19.1 Å². The fraction of sp³-hybridized carbons (Fsp3) is 0.111. The molecule has 1 amide bonds. The molecule has 3 rings (SSSR count). The molecule has 1 aliphatic heterocycles. The monoisotopic (exact) mass is 309 g/mol. The van der Waals surface area contributed by atoms with Crippen LogP contribution in [0.5, 0.6) is 11.5 Å². The van der Waals surface area contributed by atoms with Crippen LogP contribution >= 0.6 is 0 Å². The fourth-order valence-electron chi connectivity index (χ4n) is 2.24. The van der Waals surface area contributed by atoms with Gasteiger partial charge in [-0.2, -0.15) is 0 Å². The minimum Gasteiger partial charge on any atom is -0.482 e. The second-order valence-electron chi connectivity index (χ2n) is 5.09. The number of nitrogens with one attached hydrogen (secondary N) is 1. The van der Waals surface area contributed by atoms with Crippen LogP contribution in [0, 0.1) is 0 Å². The third kappa shape index (κ3) is 3.77. The van der Waals surface area contributed by atoms with Crippen LogP contribution in [0.3, 0.4) is 0 Å². The first-order valence-electron chi connectivity index (χ1n) is 7.13. The molecule has 0 saturated heterocycles. The topological polar surface area (TPSA) is 64.6 Å². The van der Waals surface area contributed by atoms with Gasteiger partial charge in [0.25, 0.3) is 5.91 Å². The summed E-state index contributed by atoms with van der Waals surface area (Å²) in [6.07, 6.45) is 3.81. The molecule has 2 aromatic rings. The van der Waals surface area contributed by atoms with Crippen LogP contribution in [0.25, 0.3) is 12.2 Å². The second-order valence-corrected chi connectivity index (χ2v) is 5.09. The fourth-order valence-corrected chi connectivity index (χ4v) is 2.24. The van der Waals surface area contributed by atoms with Gasteiger partial charge in [-0.3, -0.25) is 9.59 Å². The van der Waals surface area contributed by atoms with Gasteiger partial charge in [0.1, 0.15) is 11.5 Å². The van der Waals surface area contributed by atoms with Gasteiger partial charge in [0.15, 0.2) is 6.61 Å². The largest absolute Gasteiger partial charge is 0.482 e. The zero-order chi connectivity index (χ0) is 16.2. The highest BCUT2D eigenvalue weighted by molar-refractivity contribution is 5.95. The molecule has 0 fully saturated rings. The molecule has 2 aromatic carbocycles. The molecule has 0 unspecified atom stereocenters. The van der Waals surface area contributed by atoms with E-state index in [-0.39, 0.29) is 18.5 Å². The number of hydrogen-bond acceptors (Lipinski definition) is 4. The quantitative estimate of drug-likeness (QED) is 0.537. The van der Waals surface area contributed by atoms with E-state index in [9.17, 15) is 9.59 Å². The number of esters is 1. The summed E-state index contributed by atoms with van der Waals surface area (Å²) in [4.78, 5) is 22.3. The summed E-state index contributed by atoms with van der Waals surface area (Å²) in [5, 5.41) is 2.77.